The summed E-state index contributed by atoms with van der Waals surface area (Å²) in [5, 5.41) is 2.91. The molecular formula is C21H24N2OS2. The van der Waals surface area contributed by atoms with Gasteiger partial charge in [-0.05, 0) is 42.5 Å². The second-order valence-electron chi connectivity index (χ2n) is 6.44. The Morgan fingerprint density at radius 1 is 1.19 bits per heavy atom. The predicted molar refractivity (Wildman–Crippen MR) is 116 cm³/mol. The number of nitrogens with one attached hydrogen (secondary N) is 1. The number of anilines is 1. The predicted octanol–water partition coefficient (Wildman–Crippen LogP) is 6.19. The number of hydrogen-bond donors (Lipinski definition) is 1. The van der Waals surface area contributed by atoms with E-state index in [1.54, 1.807) is 11.8 Å². The zero-order valence-corrected chi connectivity index (χ0v) is 17.0. The van der Waals surface area contributed by atoms with Gasteiger partial charge in [-0.1, -0.05) is 73.8 Å². The van der Waals surface area contributed by atoms with Crippen LogP contribution in [0.4, 0.5) is 11.4 Å². The van der Waals surface area contributed by atoms with Crippen molar-refractivity contribution in [2.75, 3.05) is 5.32 Å². The monoisotopic (exact) mass is 384 g/mol. The molecule has 136 valence electrons. The van der Waals surface area contributed by atoms with E-state index in [0.29, 0.717) is 5.92 Å². The number of carbonyl (C=O) groups is 1. The Morgan fingerprint density at radius 2 is 1.92 bits per heavy atom. The second kappa shape index (κ2) is 8.78. The first-order chi connectivity index (χ1) is 12.6. The molecule has 5 heteroatoms. The van der Waals surface area contributed by atoms with E-state index in [0.717, 1.165) is 27.9 Å². The molecule has 1 N–H and O–H groups in total. The largest absolute Gasteiger partial charge is 0.325 e. The molecule has 0 fully saturated rings. The molecule has 0 radical (unpaired) electrons. The quantitative estimate of drug-likeness (QED) is 0.668. The third-order valence-corrected chi connectivity index (χ3v) is 6.86. The van der Waals surface area contributed by atoms with Crippen molar-refractivity contribution in [3.63, 3.8) is 0 Å². The van der Waals surface area contributed by atoms with Crippen molar-refractivity contribution in [1.82, 2.24) is 0 Å². The first kappa shape index (κ1) is 19.1. The Labute approximate surface area is 164 Å². The lowest BCUT2D eigenvalue weighted by molar-refractivity contribution is -0.115. The lowest BCUT2D eigenvalue weighted by atomic mass is 9.97. The summed E-state index contributed by atoms with van der Waals surface area (Å²) in [6.45, 7) is 6.29. The summed E-state index contributed by atoms with van der Waals surface area (Å²) in [6, 6.07) is 16.3. The van der Waals surface area contributed by atoms with Crippen LogP contribution in [0.3, 0.4) is 0 Å². The van der Waals surface area contributed by atoms with Crippen LogP contribution in [-0.4, -0.2) is 15.5 Å². The molecule has 0 aliphatic carbocycles. The summed E-state index contributed by atoms with van der Waals surface area (Å²) >= 11 is 3.23. The van der Waals surface area contributed by atoms with Gasteiger partial charge in [0.05, 0.1) is 10.9 Å². The number of para-hydroxylation sites is 2. The smallest absolute Gasteiger partial charge is 0.237 e. The van der Waals surface area contributed by atoms with Crippen LogP contribution in [0, 0.1) is 0 Å². The lowest BCUT2D eigenvalue weighted by Gasteiger charge is -2.19. The van der Waals surface area contributed by atoms with Gasteiger partial charge in [-0.15, -0.1) is 0 Å². The molecule has 0 saturated heterocycles. The normalized spacial score (nSPS) is 15.6. The van der Waals surface area contributed by atoms with E-state index in [4.69, 9.17) is 4.99 Å². The van der Waals surface area contributed by atoms with E-state index in [1.165, 1.54) is 22.9 Å². The molecule has 1 heterocycles. The first-order valence-electron chi connectivity index (χ1n) is 8.94. The highest BCUT2D eigenvalue weighted by Gasteiger charge is 2.21. The van der Waals surface area contributed by atoms with E-state index >= 15 is 0 Å². The van der Waals surface area contributed by atoms with Crippen LogP contribution < -0.4 is 5.32 Å². The molecule has 1 amide bonds. The lowest BCUT2D eigenvalue weighted by Crippen LogP contribution is -2.24. The van der Waals surface area contributed by atoms with Crippen molar-refractivity contribution >= 4 is 45.2 Å². The molecule has 1 aliphatic rings. The Morgan fingerprint density at radius 3 is 2.73 bits per heavy atom. The van der Waals surface area contributed by atoms with Gasteiger partial charge in [0.15, 0.2) is 0 Å². The number of amides is 1. The molecule has 0 saturated carbocycles. The van der Waals surface area contributed by atoms with Crippen molar-refractivity contribution in [1.29, 1.82) is 0 Å². The first-order valence-corrected chi connectivity index (χ1v) is 10.8. The second-order valence-corrected chi connectivity index (χ2v) is 8.99. The molecule has 26 heavy (non-hydrogen) atoms. The van der Waals surface area contributed by atoms with Crippen LogP contribution in [0.1, 0.15) is 44.2 Å². The molecule has 2 aromatic rings. The van der Waals surface area contributed by atoms with Crippen LogP contribution in [0.5, 0.6) is 0 Å². The summed E-state index contributed by atoms with van der Waals surface area (Å²) in [5.74, 6) is 1.35. The van der Waals surface area contributed by atoms with Crippen molar-refractivity contribution < 1.29 is 4.79 Å². The Kier molecular flexibility index (Phi) is 6.43. The standard InChI is InChI=1S/C21H24N2OS2/c1-4-14(2)17-10-6-8-12-19(17)22-20(24)15(3)26-21-23-18-11-7-5-9-16(18)13-25-21/h5-12,14-15H,4,13H2,1-3H3,(H,22,24)/t14-,15-/m1/s1. The van der Waals surface area contributed by atoms with Gasteiger partial charge in [-0.2, -0.15) is 0 Å². The summed E-state index contributed by atoms with van der Waals surface area (Å²) in [5.41, 5.74) is 4.38. The van der Waals surface area contributed by atoms with Crippen LogP contribution >= 0.6 is 23.5 Å². The van der Waals surface area contributed by atoms with E-state index in [1.807, 2.05) is 43.3 Å². The molecule has 3 nitrogen and oxygen atoms in total. The maximum Gasteiger partial charge on any atom is 0.237 e. The maximum absolute atomic E-state index is 12.7. The summed E-state index contributed by atoms with van der Waals surface area (Å²) in [7, 11) is 0. The van der Waals surface area contributed by atoms with Gasteiger partial charge in [-0.25, -0.2) is 4.99 Å². The van der Waals surface area contributed by atoms with Gasteiger partial charge < -0.3 is 5.32 Å². The molecule has 1 aliphatic heterocycles. The number of thioether (sulfide) groups is 2. The Hall–Kier alpha value is -1.72. The fourth-order valence-electron chi connectivity index (χ4n) is 2.77. The SMILES string of the molecule is CC[C@@H](C)c1ccccc1NC(=O)[C@@H](C)SC1=Nc2ccccc2CS1. The number of carbonyl (C=O) groups excluding carboxylic acids is 1. The van der Waals surface area contributed by atoms with Gasteiger partial charge in [0.2, 0.25) is 5.91 Å². The topological polar surface area (TPSA) is 41.5 Å². The summed E-state index contributed by atoms with van der Waals surface area (Å²) in [6.07, 6.45) is 1.05. The van der Waals surface area contributed by atoms with E-state index in [2.05, 4.69) is 31.3 Å². The molecule has 2 atom stereocenters. The average Bonchev–Trinajstić information content (AvgIpc) is 2.67. The molecule has 0 aromatic heterocycles. The van der Waals surface area contributed by atoms with Crippen LogP contribution in [0.15, 0.2) is 53.5 Å². The molecule has 2 aromatic carbocycles. The van der Waals surface area contributed by atoms with Gasteiger partial charge in [0, 0.05) is 11.4 Å². The number of hydrogen-bond acceptors (Lipinski definition) is 4. The number of fused-ring (bicyclic) bond motifs is 1. The summed E-state index contributed by atoms with van der Waals surface area (Å²) < 4.78 is 0.960. The zero-order valence-electron chi connectivity index (χ0n) is 15.4. The van der Waals surface area contributed by atoms with Crippen molar-refractivity contribution in [3.8, 4) is 0 Å². The Bertz CT molecular complexity index is 819. The third-order valence-electron chi connectivity index (χ3n) is 4.56. The van der Waals surface area contributed by atoms with Crippen molar-refractivity contribution in [3.05, 3.63) is 59.7 Å². The van der Waals surface area contributed by atoms with Crippen LogP contribution in [0.2, 0.25) is 0 Å². The van der Waals surface area contributed by atoms with Gasteiger partial charge in [-0.3, -0.25) is 4.79 Å². The van der Waals surface area contributed by atoms with E-state index < -0.39 is 0 Å². The van der Waals surface area contributed by atoms with Crippen LogP contribution in [-0.2, 0) is 10.5 Å². The minimum Gasteiger partial charge on any atom is -0.325 e. The number of aliphatic imine (C=N–C) groups is 1. The summed E-state index contributed by atoms with van der Waals surface area (Å²) in [4.78, 5) is 17.4. The third kappa shape index (κ3) is 4.51. The number of nitrogens with zero attached hydrogens (tertiary/aromatic N) is 1. The van der Waals surface area contributed by atoms with Crippen LogP contribution in [0.25, 0.3) is 0 Å². The highest BCUT2D eigenvalue weighted by molar-refractivity contribution is 8.39. The minimum atomic E-state index is -0.198. The van der Waals surface area contributed by atoms with E-state index in [9.17, 15) is 4.79 Å². The maximum atomic E-state index is 12.7. The molecule has 0 unspecified atom stereocenters. The van der Waals surface area contributed by atoms with Gasteiger partial charge in [0.1, 0.15) is 4.38 Å². The molecular weight excluding hydrogens is 360 g/mol. The average molecular weight is 385 g/mol. The fourth-order valence-corrected chi connectivity index (χ4v) is 4.96. The molecule has 3 rings (SSSR count). The van der Waals surface area contributed by atoms with Gasteiger partial charge >= 0.3 is 0 Å². The number of benzene rings is 2. The van der Waals surface area contributed by atoms with E-state index in [-0.39, 0.29) is 11.2 Å². The zero-order chi connectivity index (χ0) is 18.5. The fraction of sp³-hybridized carbons (Fsp3) is 0.333. The highest BCUT2D eigenvalue weighted by Crippen LogP contribution is 2.36. The highest BCUT2D eigenvalue weighted by atomic mass is 32.2. The molecule has 0 spiro atoms. The van der Waals surface area contributed by atoms with Gasteiger partial charge in [0.25, 0.3) is 0 Å². The molecule has 0 bridgehead atoms. The number of rotatable bonds is 5. The van der Waals surface area contributed by atoms with Crippen molar-refractivity contribution in [2.24, 2.45) is 4.99 Å². The Balaban J connectivity index is 1.67. The minimum absolute atomic E-state index is 0.0212. The van der Waals surface area contributed by atoms with Crippen molar-refractivity contribution in [2.45, 2.75) is 44.1 Å².